The molecule has 0 atom stereocenters. The van der Waals surface area contributed by atoms with Gasteiger partial charge in [0.1, 0.15) is 0 Å². The largest absolute Gasteiger partial charge is 0.478 e. The lowest BCUT2D eigenvalue weighted by atomic mass is 10.1. The summed E-state index contributed by atoms with van der Waals surface area (Å²) in [4.78, 5) is 15.8. The quantitative estimate of drug-likeness (QED) is 0.870. The van der Waals surface area contributed by atoms with Gasteiger partial charge < -0.3 is 5.11 Å². The van der Waals surface area contributed by atoms with Crippen LogP contribution >= 0.6 is 11.3 Å². The first-order chi connectivity index (χ1) is 10.3. The Morgan fingerprint density at radius 3 is 2.45 bits per heavy atom. The molecule has 6 nitrogen and oxygen atoms in total. The van der Waals surface area contributed by atoms with E-state index >= 15 is 0 Å². The van der Waals surface area contributed by atoms with Crippen molar-refractivity contribution in [1.29, 1.82) is 0 Å². The van der Waals surface area contributed by atoms with Gasteiger partial charge in [-0.2, -0.15) is 4.31 Å². The van der Waals surface area contributed by atoms with Crippen LogP contribution in [0.25, 0.3) is 0 Å². The molecule has 0 radical (unpaired) electrons. The summed E-state index contributed by atoms with van der Waals surface area (Å²) in [6, 6.07) is 5.84. The molecule has 22 heavy (non-hydrogen) atoms. The lowest BCUT2D eigenvalue weighted by molar-refractivity contribution is 0.0697. The molecule has 0 fully saturated rings. The molecule has 1 heterocycles. The number of aryl methyl sites for hydroxylation is 1. The molecule has 0 aliphatic carbocycles. The van der Waals surface area contributed by atoms with Crippen molar-refractivity contribution in [3.05, 3.63) is 51.5 Å². The fourth-order valence-electron chi connectivity index (χ4n) is 1.86. The van der Waals surface area contributed by atoms with Gasteiger partial charge in [-0.1, -0.05) is 12.1 Å². The molecule has 118 valence electrons. The summed E-state index contributed by atoms with van der Waals surface area (Å²) in [6.45, 7) is 2.15. The number of aromatic nitrogens is 1. The number of rotatable bonds is 6. The van der Waals surface area contributed by atoms with Crippen LogP contribution in [-0.4, -0.2) is 35.8 Å². The van der Waals surface area contributed by atoms with E-state index in [0.29, 0.717) is 5.56 Å². The highest BCUT2D eigenvalue weighted by atomic mass is 32.2. The fourth-order valence-corrected chi connectivity index (χ4v) is 3.96. The molecular weight excluding hydrogens is 324 g/mol. The Bertz CT molecular complexity index is 766. The van der Waals surface area contributed by atoms with E-state index in [-0.39, 0.29) is 17.9 Å². The molecule has 2 aromatic rings. The van der Waals surface area contributed by atoms with Crippen LogP contribution < -0.4 is 0 Å². The monoisotopic (exact) mass is 340 g/mol. The van der Waals surface area contributed by atoms with Crippen LogP contribution in [-0.2, 0) is 22.3 Å². The highest BCUT2D eigenvalue weighted by molar-refractivity contribution is 7.88. The fraction of sp³-hybridized carbons (Fsp3) is 0.286. The van der Waals surface area contributed by atoms with Crippen molar-refractivity contribution in [2.24, 2.45) is 0 Å². The molecule has 0 saturated heterocycles. The predicted molar refractivity (Wildman–Crippen MR) is 84.3 cm³/mol. The van der Waals surface area contributed by atoms with Crippen LogP contribution in [0.15, 0.2) is 30.5 Å². The van der Waals surface area contributed by atoms with E-state index in [9.17, 15) is 13.2 Å². The Labute approximate surface area is 133 Å². The first kappa shape index (κ1) is 16.6. The van der Waals surface area contributed by atoms with Crippen molar-refractivity contribution in [1.82, 2.24) is 9.29 Å². The molecule has 1 aromatic heterocycles. The third-order valence-electron chi connectivity index (χ3n) is 3.07. The van der Waals surface area contributed by atoms with Crippen LogP contribution in [0, 0.1) is 6.92 Å². The average Bonchev–Trinajstić information content (AvgIpc) is 2.84. The Kier molecular flexibility index (Phi) is 4.94. The second-order valence-electron chi connectivity index (χ2n) is 4.86. The SMILES string of the molecule is Cc1ncc(CN(C)S(=O)(=O)Cc2ccc(C(=O)O)cc2)s1. The normalized spacial score (nSPS) is 11.8. The Morgan fingerprint density at radius 2 is 1.95 bits per heavy atom. The van der Waals surface area contributed by atoms with Gasteiger partial charge in [0.2, 0.25) is 10.0 Å². The topological polar surface area (TPSA) is 87.6 Å². The Hall–Kier alpha value is -1.77. The smallest absolute Gasteiger partial charge is 0.335 e. The minimum absolute atomic E-state index is 0.134. The van der Waals surface area contributed by atoms with Crippen molar-refractivity contribution >= 4 is 27.3 Å². The van der Waals surface area contributed by atoms with E-state index in [4.69, 9.17) is 5.11 Å². The van der Waals surface area contributed by atoms with Gasteiger partial charge in [0.05, 0.1) is 16.3 Å². The summed E-state index contributed by atoms with van der Waals surface area (Å²) < 4.78 is 25.9. The van der Waals surface area contributed by atoms with Crippen molar-refractivity contribution in [3.63, 3.8) is 0 Å². The maximum atomic E-state index is 12.3. The van der Waals surface area contributed by atoms with Crippen LogP contribution in [0.2, 0.25) is 0 Å². The van der Waals surface area contributed by atoms with Gasteiger partial charge in [0, 0.05) is 24.7 Å². The zero-order valence-corrected chi connectivity index (χ0v) is 13.8. The summed E-state index contributed by atoms with van der Waals surface area (Å²) in [6.07, 6.45) is 1.67. The molecule has 1 aromatic carbocycles. The molecule has 0 saturated carbocycles. The first-order valence-corrected chi connectivity index (χ1v) is 8.88. The summed E-state index contributed by atoms with van der Waals surface area (Å²) in [5.41, 5.74) is 0.687. The Morgan fingerprint density at radius 1 is 1.32 bits per heavy atom. The zero-order chi connectivity index (χ0) is 16.3. The van der Waals surface area contributed by atoms with E-state index in [1.807, 2.05) is 6.92 Å². The number of carboxylic acid groups (broad SMARTS) is 1. The second-order valence-corrected chi connectivity index (χ2v) is 8.26. The number of nitrogens with zero attached hydrogens (tertiary/aromatic N) is 2. The molecule has 0 bridgehead atoms. The van der Waals surface area contributed by atoms with Crippen LogP contribution in [0.4, 0.5) is 0 Å². The van der Waals surface area contributed by atoms with E-state index in [1.54, 1.807) is 6.20 Å². The summed E-state index contributed by atoms with van der Waals surface area (Å²) in [7, 11) is -1.95. The lowest BCUT2D eigenvalue weighted by Gasteiger charge is -2.16. The van der Waals surface area contributed by atoms with E-state index in [1.165, 1.54) is 47.0 Å². The van der Waals surface area contributed by atoms with Crippen molar-refractivity contribution in [3.8, 4) is 0 Å². The van der Waals surface area contributed by atoms with E-state index < -0.39 is 16.0 Å². The summed E-state index contributed by atoms with van der Waals surface area (Å²) in [5, 5.41) is 9.72. The highest BCUT2D eigenvalue weighted by Crippen LogP contribution is 2.17. The number of sulfonamides is 1. The third kappa shape index (κ3) is 4.12. The lowest BCUT2D eigenvalue weighted by Crippen LogP contribution is -2.27. The number of hydrogen-bond acceptors (Lipinski definition) is 5. The van der Waals surface area contributed by atoms with Crippen molar-refractivity contribution < 1.29 is 18.3 Å². The number of benzene rings is 1. The molecule has 0 amide bonds. The minimum Gasteiger partial charge on any atom is -0.478 e. The maximum Gasteiger partial charge on any atom is 0.335 e. The number of hydrogen-bond donors (Lipinski definition) is 1. The highest BCUT2D eigenvalue weighted by Gasteiger charge is 2.19. The van der Waals surface area contributed by atoms with Gasteiger partial charge in [-0.15, -0.1) is 11.3 Å². The summed E-state index contributed by atoms with van der Waals surface area (Å²) >= 11 is 1.46. The van der Waals surface area contributed by atoms with Crippen molar-refractivity contribution in [2.75, 3.05) is 7.05 Å². The number of aromatic carboxylic acids is 1. The standard InChI is InChI=1S/C14H16N2O4S2/c1-10-15-7-13(21-10)8-16(2)22(19,20)9-11-3-5-12(6-4-11)14(17)18/h3-7H,8-9H2,1-2H3,(H,17,18). The molecule has 0 unspecified atom stereocenters. The molecular formula is C14H16N2O4S2. The molecule has 0 aliphatic rings. The molecule has 0 aliphatic heterocycles. The van der Waals surface area contributed by atoms with Gasteiger partial charge in [-0.05, 0) is 24.6 Å². The van der Waals surface area contributed by atoms with Gasteiger partial charge in [-0.3, -0.25) is 0 Å². The second kappa shape index (κ2) is 6.55. The third-order valence-corrected chi connectivity index (χ3v) is 5.75. The van der Waals surface area contributed by atoms with Crippen molar-refractivity contribution in [2.45, 2.75) is 19.2 Å². The zero-order valence-electron chi connectivity index (χ0n) is 12.2. The van der Waals surface area contributed by atoms with E-state index in [2.05, 4.69) is 4.98 Å². The molecule has 1 N–H and O–H groups in total. The van der Waals surface area contributed by atoms with E-state index in [0.717, 1.165) is 9.88 Å². The first-order valence-electron chi connectivity index (χ1n) is 6.45. The maximum absolute atomic E-state index is 12.3. The summed E-state index contributed by atoms with van der Waals surface area (Å²) in [5.74, 6) is -1.20. The number of carboxylic acids is 1. The predicted octanol–water partition coefficient (Wildman–Crippen LogP) is 2.11. The molecule has 0 spiro atoms. The van der Waals surface area contributed by atoms with Gasteiger partial charge in [0.25, 0.3) is 0 Å². The Balaban J connectivity index is 2.07. The number of thiazole rings is 1. The molecule has 8 heteroatoms. The van der Waals surface area contributed by atoms with Gasteiger partial charge in [-0.25, -0.2) is 18.2 Å². The minimum atomic E-state index is -3.47. The van der Waals surface area contributed by atoms with Crippen LogP contribution in [0.1, 0.15) is 25.8 Å². The van der Waals surface area contributed by atoms with Crippen LogP contribution in [0.5, 0.6) is 0 Å². The average molecular weight is 340 g/mol. The van der Waals surface area contributed by atoms with Crippen LogP contribution in [0.3, 0.4) is 0 Å². The van der Waals surface area contributed by atoms with Gasteiger partial charge in [0.15, 0.2) is 0 Å². The molecule has 2 rings (SSSR count). The number of carbonyl (C=O) groups is 1. The van der Waals surface area contributed by atoms with Gasteiger partial charge >= 0.3 is 5.97 Å².